The van der Waals surface area contributed by atoms with Crippen LogP contribution in [-0.4, -0.2) is 93.9 Å². The van der Waals surface area contributed by atoms with E-state index in [4.69, 9.17) is 15.3 Å². The summed E-state index contributed by atoms with van der Waals surface area (Å²) in [6.45, 7) is 1.74. The summed E-state index contributed by atoms with van der Waals surface area (Å²) >= 11 is 0.905. The van der Waals surface area contributed by atoms with Gasteiger partial charge in [-0.05, 0) is 74.0 Å². The van der Waals surface area contributed by atoms with Crippen LogP contribution < -0.4 is 5.01 Å². The second-order valence-electron chi connectivity index (χ2n) is 11.1. The average Bonchev–Trinajstić information content (AvgIpc) is 3.81. The molecule has 0 aliphatic carbocycles. The second-order valence-corrected chi connectivity index (χ2v) is 15.4. The van der Waals surface area contributed by atoms with Crippen LogP contribution in [0.5, 0.6) is 5.88 Å². The largest absolute Gasteiger partial charge is 0.493 e. The first kappa shape index (κ1) is 42.2. The molecule has 56 heavy (non-hydrogen) atoms. The van der Waals surface area contributed by atoms with Gasteiger partial charge in [-0.1, -0.05) is 10.1 Å². The molecule has 5 N–H and O–H groups in total. The molecule has 0 saturated carbocycles. The number of ether oxygens (including phenoxy) is 1. The normalized spacial score (nSPS) is 16.4. The summed E-state index contributed by atoms with van der Waals surface area (Å²) in [6.07, 6.45) is 6.94. The van der Waals surface area contributed by atoms with Gasteiger partial charge in [0.05, 0.1) is 46.7 Å². The molecule has 26 heteroatoms. The van der Waals surface area contributed by atoms with Gasteiger partial charge in [0.1, 0.15) is 15.4 Å². The molecule has 2 aliphatic rings. The Hall–Kier alpha value is -4.97. The van der Waals surface area contributed by atoms with Crippen molar-refractivity contribution in [3.8, 4) is 11.6 Å². The zero-order valence-electron chi connectivity index (χ0n) is 28.5. The second kappa shape index (κ2) is 17.9. The van der Waals surface area contributed by atoms with Crippen LogP contribution in [-0.2, 0) is 53.3 Å². The number of hydrogen-bond acceptors (Lipinski definition) is 19. The quantitative estimate of drug-likeness (QED) is 0.0213. The Labute approximate surface area is 325 Å². The van der Waals surface area contributed by atoms with Crippen molar-refractivity contribution in [3.63, 3.8) is 0 Å². The van der Waals surface area contributed by atoms with Gasteiger partial charge in [-0.25, -0.2) is 10.5 Å². The summed E-state index contributed by atoms with van der Waals surface area (Å²) < 4.78 is 83.8. The lowest BCUT2D eigenvalue weighted by Gasteiger charge is -2.17. The van der Waals surface area contributed by atoms with Crippen LogP contribution in [0.4, 0.5) is 5.69 Å². The fourth-order valence-electron chi connectivity index (χ4n) is 5.25. The zero-order chi connectivity index (χ0) is 40.8. The van der Waals surface area contributed by atoms with E-state index >= 15 is 0 Å². The molecule has 0 spiro atoms. The number of benzene rings is 2. The molecule has 3 aromatic rings. The minimum atomic E-state index is -4.94. The number of likely N-dealkylation sites (tertiary alicyclic amines) is 1. The number of aryl methyl sites for hydroxylation is 1. The fraction of sp³-hybridized carbons (Fsp3) is 0.167. The van der Waals surface area contributed by atoms with Gasteiger partial charge in [0.15, 0.2) is 6.40 Å². The van der Waals surface area contributed by atoms with Crippen molar-refractivity contribution in [2.45, 2.75) is 39.3 Å². The summed E-state index contributed by atoms with van der Waals surface area (Å²) in [7, 11) is -8.43. The van der Waals surface area contributed by atoms with Crippen molar-refractivity contribution < 1.29 is 74.6 Å². The predicted octanol–water partition coefficient (Wildman–Crippen LogP) is 3.72. The molecule has 0 atom stereocenters. The van der Waals surface area contributed by atoms with Crippen molar-refractivity contribution in [1.82, 2.24) is 14.7 Å². The number of aromatic hydroxyl groups is 1. The average molecular weight is 857 g/mol. The number of carbonyl (C=O) groups is 2. The molecule has 2 aliphatic heterocycles. The Morgan fingerprint density at radius 3 is 2.11 bits per heavy atom. The standard InChI is InChI=1S/C30H28N6O16S4/c1-17-21(29(38)35(32-17)23-14-19(53-51-49-40)7-11-25(23)55(42,43)44)9-5-18(34-13-3-4-27(34)37)6-10-22-28(48-16-31-2)33-36(30(22)39)24-15-20(54-52-50-41)8-12-26(24)56(45,46)47/h5-12,14-16,38,40-41H,3-4,13H2,1-2H3,(H,42,43,44)(H,45,46,47)/b9-5?,18-6?,22-10-,31-16+. The molecule has 2 aromatic carbocycles. The van der Waals surface area contributed by atoms with E-state index in [1.165, 1.54) is 61.4 Å². The molecule has 0 bridgehead atoms. The summed E-state index contributed by atoms with van der Waals surface area (Å²) in [6, 6.07) is 6.63. The molecule has 3 heterocycles. The Morgan fingerprint density at radius 2 is 1.55 bits per heavy atom. The maximum Gasteiger partial charge on any atom is 0.296 e. The first-order valence-corrected chi connectivity index (χ1v) is 19.7. The highest BCUT2D eigenvalue weighted by molar-refractivity contribution is 7.94. The number of aliphatic imine (C=N–C) groups is 1. The van der Waals surface area contributed by atoms with Crippen LogP contribution in [0.1, 0.15) is 24.1 Å². The van der Waals surface area contributed by atoms with Crippen LogP contribution in [0.3, 0.4) is 0 Å². The van der Waals surface area contributed by atoms with E-state index in [1.807, 2.05) is 0 Å². The van der Waals surface area contributed by atoms with Crippen molar-refractivity contribution in [3.05, 3.63) is 77.2 Å². The minimum Gasteiger partial charge on any atom is -0.493 e. The lowest BCUT2D eigenvalue weighted by Crippen LogP contribution is -2.24. The van der Waals surface area contributed by atoms with Gasteiger partial charge in [0.2, 0.25) is 11.8 Å². The number of amides is 2. The van der Waals surface area contributed by atoms with E-state index in [0.29, 0.717) is 35.5 Å². The lowest BCUT2D eigenvalue weighted by atomic mass is 10.1. The number of hydrogen-bond donors (Lipinski definition) is 5. The number of carbonyl (C=O) groups excluding carboxylic acids is 2. The number of allylic oxidation sites excluding steroid dienone is 3. The highest BCUT2D eigenvalue weighted by Gasteiger charge is 2.36. The topological polar surface area (TPSA) is 299 Å². The lowest BCUT2D eigenvalue weighted by molar-refractivity contribution is -0.432. The van der Waals surface area contributed by atoms with Crippen LogP contribution in [0.25, 0.3) is 11.8 Å². The molecule has 298 valence electrons. The Bertz CT molecular complexity index is 2410. The SMILES string of the molecule is C/N=C/OC1=NN(c2cc(SOOO)ccc2S(=O)(=O)O)C(=O)/C1=C\C=C(C=Cc1c(C)nn(-c2cc(SOOO)ccc2S(=O)(=O)O)c1O)N1CCCC1=O. The van der Waals surface area contributed by atoms with Gasteiger partial charge in [-0.15, -0.1) is 13.8 Å². The molecule has 0 unspecified atom stereocenters. The number of aromatic nitrogens is 2. The van der Waals surface area contributed by atoms with Gasteiger partial charge in [0, 0.05) is 35.5 Å². The summed E-state index contributed by atoms with van der Waals surface area (Å²) in [5, 5.41) is 44.4. The third-order valence-electron chi connectivity index (χ3n) is 7.62. The summed E-state index contributed by atoms with van der Waals surface area (Å²) in [5.41, 5.74) is -0.639. The molecule has 22 nitrogen and oxygen atoms in total. The van der Waals surface area contributed by atoms with Crippen molar-refractivity contribution >= 4 is 80.2 Å². The van der Waals surface area contributed by atoms with Gasteiger partial charge in [-0.3, -0.25) is 23.7 Å². The Balaban J connectivity index is 1.59. The van der Waals surface area contributed by atoms with Crippen molar-refractivity contribution in [1.29, 1.82) is 0 Å². The fourth-order valence-corrected chi connectivity index (χ4v) is 7.33. The zero-order valence-corrected chi connectivity index (χ0v) is 31.8. The Morgan fingerprint density at radius 1 is 0.946 bits per heavy atom. The molecule has 0 radical (unpaired) electrons. The van der Waals surface area contributed by atoms with Crippen LogP contribution in [0.15, 0.2) is 95.6 Å². The van der Waals surface area contributed by atoms with E-state index in [2.05, 4.69) is 33.9 Å². The van der Waals surface area contributed by atoms with Crippen LogP contribution >= 0.6 is 24.1 Å². The highest BCUT2D eigenvalue weighted by atomic mass is 32.2. The monoisotopic (exact) mass is 856 g/mol. The van der Waals surface area contributed by atoms with E-state index in [0.717, 1.165) is 29.3 Å². The first-order valence-electron chi connectivity index (χ1n) is 15.3. The van der Waals surface area contributed by atoms with Gasteiger partial charge >= 0.3 is 0 Å². The van der Waals surface area contributed by atoms with Crippen molar-refractivity contribution in [2.75, 3.05) is 18.6 Å². The van der Waals surface area contributed by atoms with Crippen LogP contribution in [0.2, 0.25) is 0 Å². The number of hydrazone groups is 1. The summed E-state index contributed by atoms with van der Waals surface area (Å²) in [4.78, 5) is 30.8. The smallest absolute Gasteiger partial charge is 0.296 e. The highest BCUT2D eigenvalue weighted by Crippen LogP contribution is 2.36. The minimum absolute atomic E-state index is 0.0448. The Kier molecular flexibility index (Phi) is 13.5. The van der Waals surface area contributed by atoms with Gasteiger partial charge < -0.3 is 14.7 Å². The van der Waals surface area contributed by atoms with E-state index in [-0.39, 0.29) is 62.8 Å². The molecule has 1 aromatic heterocycles. The number of nitrogens with zero attached hydrogens (tertiary/aromatic N) is 6. The molecule has 1 fully saturated rings. The summed E-state index contributed by atoms with van der Waals surface area (Å²) in [5.74, 6) is -2.21. The number of rotatable bonds is 15. The van der Waals surface area contributed by atoms with Crippen LogP contribution in [0, 0.1) is 6.92 Å². The maximum absolute atomic E-state index is 13.8. The van der Waals surface area contributed by atoms with Crippen molar-refractivity contribution in [2.24, 2.45) is 10.1 Å². The van der Waals surface area contributed by atoms with Gasteiger partial charge in [-0.2, -0.15) is 31.6 Å². The third kappa shape index (κ3) is 9.51. The number of anilines is 1. The van der Waals surface area contributed by atoms with E-state index in [1.54, 1.807) is 0 Å². The third-order valence-corrected chi connectivity index (χ3v) is 10.6. The first-order chi connectivity index (χ1) is 26.6. The van der Waals surface area contributed by atoms with E-state index < -0.39 is 47.5 Å². The molecule has 5 rings (SSSR count). The molecule has 2 amide bonds. The molecular formula is C30H28N6O16S4. The van der Waals surface area contributed by atoms with E-state index in [9.17, 15) is 40.6 Å². The predicted molar refractivity (Wildman–Crippen MR) is 194 cm³/mol. The van der Waals surface area contributed by atoms with Gasteiger partial charge in [0.25, 0.3) is 32.0 Å². The maximum atomic E-state index is 13.8. The molecular weight excluding hydrogens is 829 g/mol. The molecule has 1 saturated heterocycles.